The van der Waals surface area contributed by atoms with Crippen LogP contribution in [-0.2, 0) is 16.0 Å². The van der Waals surface area contributed by atoms with Gasteiger partial charge in [0.05, 0.1) is 16.3 Å². The van der Waals surface area contributed by atoms with Crippen LogP contribution < -0.4 is 15.0 Å². The summed E-state index contributed by atoms with van der Waals surface area (Å²) in [6.07, 6.45) is -2.80. The molecule has 0 saturated heterocycles. The smallest absolute Gasteiger partial charge is 0.422 e. The van der Waals surface area contributed by atoms with Gasteiger partial charge in [0.1, 0.15) is 12.4 Å². The number of carbonyl (C=O) groups is 2. The molecule has 0 aliphatic carbocycles. The number of nitrogens with zero attached hydrogens (tertiary/aromatic N) is 1. The molecule has 2 aromatic carbocycles. The standard InChI is InChI=1S/C28H31F3N2O4S/c1-3-36-24(34)10-7-14-32-26(35)33-15-13-20-16-21(11-12-23(20)33)37-18-27(2)17-22(19-8-5-4-6-9-19)25(38-27)28(29,30)31/h4-6,8-9,11-12,16H,3,7,10,13-15,17-18H2,1-2H3,(H,32,35). The Labute approximate surface area is 224 Å². The lowest BCUT2D eigenvalue weighted by atomic mass is 9.95. The van der Waals surface area contributed by atoms with Gasteiger partial charge in [-0.1, -0.05) is 30.3 Å². The first-order chi connectivity index (χ1) is 18.1. The van der Waals surface area contributed by atoms with Crippen molar-refractivity contribution < 1.29 is 32.2 Å². The monoisotopic (exact) mass is 548 g/mol. The number of esters is 1. The summed E-state index contributed by atoms with van der Waals surface area (Å²) in [5.74, 6) is 0.274. The summed E-state index contributed by atoms with van der Waals surface area (Å²) in [5.41, 5.74) is 2.58. The SMILES string of the molecule is CCOC(=O)CCCNC(=O)N1CCc2cc(OCC3(C)CC(c4ccccc4)=C(C(F)(F)F)S3)ccc21. The summed E-state index contributed by atoms with van der Waals surface area (Å²) in [6, 6.07) is 13.8. The van der Waals surface area contributed by atoms with Crippen LogP contribution >= 0.6 is 11.8 Å². The van der Waals surface area contributed by atoms with Crippen molar-refractivity contribution in [2.75, 3.05) is 31.2 Å². The quantitative estimate of drug-likeness (QED) is 0.292. The minimum absolute atomic E-state index is 0.108. The first kappa shape index (κ1) is 27.9. The number of alkyl halides is 3. The van der Waals surface area contributed by atoms with E-state index in [1.54, 1.807) is 61.2 Å². The average Bonchev–Trinajstić information content (AvgIpc) is 3.47. The molecule has 2 aromatic rings. The summed E-state index contributed by atoms with van der Waals surface area (Å²) < 4.78 is 51.6. The molecule has 10 heteroatoms. The van der Waals surface area contributed by atoms with Crippen LogP contribution in [0.15, 0.2) is 53.4 Å². The van der Waals surface area contributed by atoms with Crippen molar-refractivity contribution >= 4 is 35.0 Å². The average molecular weight is 549 g/mol. The number of ether oxygens (including phenoxy) is 2. The van der Waals surface area contributed by atoms with Gasteiger partial charge in [0.15, 0.2) is 0 Å². The molecule has 0 radical (unpaired) electrons. The summed E-state index contributed by atoms with van der Waals surface area (Å²) in [4.78, 5) is 25.1. The number of allylic oxidation sites excluding steroid dienone is 2. The zero-order chi connectivity index (χ0) is 27.3. The van der Waals surface area contributed by atoms with Gasteiger partial charge in [-0.25, -0.2) is 4.79 Å². The highest BCUT2D eigenvalue weighted by molar-refractivity contribution is 8.05. The number of anilines is 1. The predicted octanol–water partition coefficient (Wildman–Crippen LogP) is 6.35. The van der Waals surface area contributed by atoms with Gasteiger partial charge in [-0.15, -0.1) is 11.8 Å². The maximum absolute atomic E-state index is 13.8. The van der Waals surface area contributed by atoms with Crippen LogP contribution in [0.25, 0.3) is 5.57 Å². The van der Waals surface area contributed by atoms with E-state index in [-0.39, 0.29) is 31.4 Å². The van der Waals surface area contributed by atoms with Crippen molar-refractivity contribution in [2.45, 2.75) is 50.5 Å². The zero-order valence-electron chi connectivity index (χ0n) is 21.4. The van der Waals surface area contributed by atoms with E-state index in [9.17, 15) is 22.8 Å². The third-order valence-electron chi connectivity index (χ3n) is 6.43. The fraction of sp³-hybridized carbons (Fsp3) is 0.429. The van der Waals surface area contributed by atoms with Crippen LogP contribution in [0.4, 0.5) is 23.7 Å². The number of amides is 2. The van der Waals surface area contributed by atoms with Gasteiger partial charge in [0.25, 0.3) is 0 Å². The maximum Gasteiger partial charge on any atom is 0.422 e. The number of nitrogens with one attached hydrogen (secondary N) is 1. The van der Waals surface area contributed by atoms with Crippen LogP contribution in [-0.4, -0.2) is 49.2 Å². The summed E-state index contributed by atoms with van der Waals surface area (Å²) in [7, 11) is 0. The van der Waals surface area contributed by atoms with Gasteiger partial charge < -0.3 is 14.8 Å². The Morgan fingerprint density at radius 1 is 1.16 bits per heavy atom. The van der Waals surface area contributed by atoms with Gasteiger partial charge in [0, 0.05) is 25.2 Å². The number of rotatable bonds is 9. The molecule has 2 heterocycles. The van der Waals surface area contributed by atoms with E-state index in [1.165, 1.54) is 0 Å². The summed E-state index contributed by atoms with van der Waals surface area (Å²) in [5, 5.41) is 2.83. The van der Waals surface area contributed by atoms with Gasteiger partial charge in [0.2, 0.25) is 0 Å². The Kier molecular flexibility index (Phi) is 8.60. The Morgan fingerprint density at radius 2 is 1.92 bits per heavy atom. The van der Waals surface area contributed by atoms with Gasteiger partial charge in [-0.3, -0.25) is 9.69 Å². The van der Waals surface area contributed by atoms with Crippen LogP contribution in [0, 0.1) is 0 Å². The van der Waals surface area contributed by atoms with E-state index in [2.05, 4.69) is 5.32 Å². The van der Waals surface area contributed by atoms with Crippen LogP contribution in [0.1, 0.15) is 44.2 Å². The van der Waals surface area contributed by atoms with Crippen LogP contribution in [0.3, 0.4) is 0 Å². The molecule has 0 fully saturated rings. The van der Waals surface area contributed by atoms with E-state index < -0.39 is 15.8 Å². The van der Waals surface area contributed by atoms with Crippen molar-refractivity contribution in [1.29, 1.82) is 0 Å². The highest BCUT2D eigenvalue weighted by atomic mass is 32.2. The molecule has 0 bridgehead atoms. The molecule has 38 heavy (non-hydrogen) atoms. The molecule has 0 aromatic heterocycles. The predicted molar refractivity (Wildman–Crippen MR) is 142 cm³/mol. The van der Waals surface area contributed by atoms with Crippen molar-refractivity contribution in [1.82, 2.24) is 5.32 Å². The highest BCUT2D eigenvalue weighted by Crippen LogP contribution is 2.55. The minimum Gasteiger partial charge on any atom is -0.492 e. The van der Waals surface area contributed by atoms with E-state index in [1.807, 2.05) is 6.07 Å². The van der Waals surface area contributed by atoms with Crippen molar-refractivity contribution in [3.8, 4) is 5.75 Å². The third kappa shape index (κ3) is 6.64. The number of fused-ring (bicyclic) bond motifs is 1. The topological polar surface area (TPSA) is 67.9 Å². The fourth-order valence-electron chi connectivity index (χ4n) is 4.65. The molecule has 2 aliphatic rings. The Morgan fingerprint density at radius 3 is 2.63 bits per heavy atom. The summed E-state index contributed by atoms with van der Waals surface area (Å²) in [6.45, 7) is 4.85. The molecule has 1 unspecified atom stereocenters. The zero-order valence-corrected chi connectivity index (χ0v) is 22.2. The second-order valence-corrected chi connectivity index (χ2v) is 11.1. The summed E-state index contributed by atoms with van der Waals surface area (Å²) >= 11 is 0.825. The van der Waals surface area contributed by atoms with Gasteiger partial charge >= 0.3 is 18.2 Å². The van der Waals surface area contributed by atoms with Crippen LogP contribution in [0.2, 0.25) is 0 Å². The number of carbonyl (C=O) groups excluding carboxylic acids is 2. The first-order valence-electron chi connectivity index (χ1n) is 12.6. The van der Waals surface area contributed by atoms with Crippen LogP contribution in [0.5, 0.6) is 5.75 Å². The molecular formula is C28H31F3N2O4S. The Hall–Kier alpha value is -3.14. The number of halogens is 3. The minimum atomic E-state index is -4.43. The van der Waals surface area contributed by atoms with Gasteiger partial charge in [-0.2, -0.15) is 13.2 Å². The second-order valence-electron chi connectivity index (χ2n) is 9.52. The molecule has 204 valence electrons. The van der Waals surface area contributed by atoms with E-state index in [4.69, 9.17) is 9.47 Å². The Bertz CT molecular complexity index is 1200. The molecular weight excluding hydrogens is 517 g/mol. The lowest BCUT2D eigenvalue weighted by molar-refractivity contribution is -0.143. The number of hydrogen-bond donors (Lipinski definition) is 1. The third-order valence-corrected chi connectivity index (χ3v) is 7.86. The lowest BCUT2D eigenvalue weighted by Gasteiger charge is -2.24. The lowest BCUT2D eigenvalue weighted by Crippen LogP contribution is -2.39. The molecule has 1 N–H and O–H groups in total. The van der Waals surface area contributed by atoms with Gasteiger partial charge in [-0.05, 0) is 68.0 Å². The molecule has 0 saturated carbocycles. The number of hydrogen-bond acceptors (Lipinski definition) is 5. The highest BCUT2D eigenvalue weighted by Gasteiger charge is 2.48. The molecule has 2 aliphatic heterocycles. The fourth-order valence-corrected chi connectivity index (χ4v) is 5.91. The normalized spacial score (nSPS) is 18.9. The maximum atomic E-state index is 13.8. The number of thioether (sulfide) groups is 1. The van der Waals surface area contributed by atoms with Crippen molar-refractivity contribution in [2.24, 2.45) is 0 Å². The largest absolute Gasteiger partial charge is 0.492 e. The molecule has 0 spiro atoms. The molecule has 1 atom stereocenters. The second kappa shape index (κ2) is 11.7. The molecule has 6 nitrogen and oxygen atoms in total. The van der Waals surface area contributed by atoms with E-state index in [0.29, 0.717) is 49.4 Å². The van der Waals surface area contributed by atoms with E-state index in [0.717, 1.165) is 23.0 Å². The van der Waals surface area contributed by atoms with E-state index >= 15 is 0 Å². The molecule has 2 amide bonds. The molecule has 4 rings (SSSR count). The van der Waals surface area contributed by atoms with Crippen molar-refractivity contribution in [3.05, 3.63) is 64.6 Å². The first-order valence-corrected chi connectivity index (χ1v) is 13.4. The number of urea groups is 1. The van der Waals surface area contributed by atoms with Crippen molar-refractivity contribution in [3.63, 3.8) is 0 Å². The number of benzene rings is 2. The Balaban J connectivity index is 1.34.